The molecule has 0 aromatic carbocycles. The second kappa shape index (κ2) is 5.98. The van der Waals surface area contributed by atoms with E-state index in [1.807, 2.05) is 6.08 Å². The van der Waals surface area contributed by atoms with Crippen LogP contribution in [0.5, 0.6) is 0 Å². The van der Waals surface area contributed by atoms with Gasteiger partial charge < -0.3 is 12.2 Å². The van der Waals surface area contributed by atoms with Gasteiger partial charge in [-0.3, -0.25) is 0 Å². The SMILES string of the molecule is C=CCC[S+](C(C)(C)C)P(=S)([S-])CC. The van der Waals surface area contributed by atoms with Crippen LogP contribution in [0.4, 0.5) is 0 Å². The third kappa shape index (κ3) is 4.74. The molecule has 0 amide bonds. The summed E-state index contributed by atoms with van der Waals surface area (Å²) < 4.78 is -1.26. The molecule has 0 radical (unpaired) electrons. The second-order valence-corrected chi connectivity index (χ2v) is 17.4. The van der Waals surface area contributed by atoms with E-state index in [1.165, 1.54) is 0 Å². The zero-order chi connectivity index (χ0) is 11.4. The zero-order valence-electron chi connectivity index (χ0n) is 9.58. The first-order valence-electron chi connectivity index (χ1n) is 4.88. The van der Waals surface area contributed by atoms with Crippen molar-refractivity contribution in [2.45, 2.75) is 38.9 Å². The van der Waals surface area contributed by atoms with Gasteiger partial charge >= 0.3 is 0 Å². The van der Waals surface area contributed by atoms with Crippen molar-refractivity contribution in [2.24, 2.45) is 0 Å². The van der Waals surface area contributed by atoms with Gasteiger partial charge in [0, 0.05) is 10.9 Å². The summed E-state index contributed by atoms with van der Waals surface area (Å²) >= 11 is 11.3. The first-order chi connectivity index (χ1) is 6.25. The van der Waals surface area contributed by atoms with Crippen LogP contribution in [0.2, 0.25) is 0 Å². The molecule has 0 aromatic rings. The molecule has 0 rings (SSSR count). The van der Waals surface area contributed by atoms with Crippen molar-refractivity contribution in [2.75, 3.05) is 11.9 Å². The topological polar surface area (TPSA) is 0 Å². The molecule has 0 aromatic heterocycles. The Balaban J connectivity index is 4.73. The van der Waals surface area contributed by atoms with Gasteiger partial charge in [0.15, 0.2) is 0 Å². The maximum atomic E-state index is 5.63. The second-order valence-electron chi connectivity index (χ2n) is 4.19. The Kier molecular flexibility index (Phi) is 6.45. The first kappa shape index (κ1) is 15.1. The Labute approximate surface area is 102 Å². The fourth-order valence-electron chi connectivity index (χ4n) is 1.21. The summed E-state index contributed by atoms with van der Waals surface area (Å²) in [5.41, 5.74) is 0. The minimum atomic E-state index is -1.54. The van der Waals surface area contributed by atoms with E-state index in [-0.39, 0.29) is 15.3 Å². The molecular weight excluding hydrogens is 247 g/mol. The molecule has 14 heavy (non-hydrogen) atoms. The molecule has 2 atom stereocenters. The van der Waals surface area contributed by atoms with Crippen molar-refractivity contribution in [3.8, 4) is 0 Å². The monoisotopic (exact) mass is 268 g/mol. The van der Waals surface area contributed by atoms with Gasteiger partial charge in [0.05, 0.1) is 0 Å². The van der Waals surface area contributed by atoms with Gasteiger partial charge in [0.1, 0.15) is 10.5 Å². The summed E-state index contributed by atoms with van der Waals surface area (Å²) in [6, 6.07) is 0. The summed E-state index contributed by atoms with van der Waals surface area (Å²) in [6.07, 6.45) is 4.04. The van der Waals surface area contributed by atoms with Crippen LogP contribution in [-0.2, 0) is 34.6 Å². The Hall–Kier alpha value is 1.09. The maximum Gasteiger partial charge on any atom is 0.120 e. The van der Waals surface area contributed by atoms with Crippen LogP contribution in [0.1, 0.15) is 34.1 Å². The standard InChI is InChI=1S/C10H21PS3/c1-6-8-9-14(10(3,4)5)11(12,13)7-2/h6H,1,7-9H2,2-5H3. The molecule has 0 bridgehead atoms. The van der Waals surface area contributed by atoms with Crippen LogP contribution in [0.3, 0.4) is 0 Å². The van der Waals surface area contributed by atoms with E-state index in [9.17, 15) is 0 Å². The molecule has 0 aliphatic rings. The number of hydrogen-bond acceptors (Lipinski definition) is 2. The molecule has 0 heterocycles. The normalized spacial score (nSPS) is 18.6. The molecule has 84 valence electrons. The molecule has 0 aliphatic heterocycles. The highest BCUT2D eigenvalue weighted by atomic mass is 33.2. The molecule has 2 unspecified atom stereocenters. The van der Waals surface area contributed by atoms with Gasteiger partial charge in [-0.25, -0.2) is 0 Å². The van der Waals surface area contributed by atoms with Gasteiger partial charge in [-0.2, -0.15) is 0 Å². The minimum absolute atomic E-state index is 0.217. The van der Waals surface area contributed by atoms with Gasteiger partial charge in [0.2, 0.25) is 0 Å². The van der Waals surface area contributed by atoms with Gasteiger partial charge in [-0.1, -0.05) is 24.8 Å². The summed E-state index contributed by atoms with van der Waals surface area (Å²) in [4.78, 5) is 0. The van der Waals surface area contributed by atoms with Crippen LogP contribution in [-0.4, -0.2) is 16.7 Å². The van der Waals surface area contributed by atoms with Crippen LogP contribution in [0, 0.1) is 0 Å². The zero-order valence-corrected chi connectivity index (χ0v) is 12.9. The third-order valence-electron chi connectivity index (χ3n) is 1.95. The molecule has 0 spiro atoms. The summed E-state index contributed by atoms with van der Waals surface area (Å²) in [5, 5.41) is 0. The predicted molar refractivity (Wildman–Crippen MR) is 79.0 cm³/mol. The van der Waals surface area contributed by atoms with Crippen LogP contribution in [0.15, 0.2) is 12.7 Å². The van der Waals surface area contributed by atoms with Crippen molar-refractivity contribution in [3.05, 3.63) is 12.7 Å². The van der Waals surface area contributed by atoms with Crippen molar-refractivity contribution in [3.63, 3.8) is 0 Å². The fraction of sp³-hybridized carbons (Fsp3) is 0.800. The highest BCUT2D eigenvalue weighted by Gasteiger charge is 2.37. The van der Waals surface area contributed by atoms with Gasteiger partial charge in [-0.15, -0.1) is 6.58 Å². The van der Waals surface area contributed by atoms with Crippen LogP contribution >= 0.6 is 4.44 Å². The van der Waals surface area contributed by atoms with E-state index >= 15 is 0 Å². The molecule has 0 aliphatic carbocycles. The number of rotatable bonds is 5. The Morgan fingerprint density at radius 1 is 1.50 bits per heavy atom. The lowest BCUT2D eigenvalue weighted by Gasteiger charge is -2.35. The average Bonchev–Trinajstić information content (AvgIpc) is 2.02. The van der Waals surface area contributed by atoms with E-state index in [4.69, 9.17) is 24.1 Å². The number of hydrogen-bond donors (Lipinski definition) is 0. The molecule has 0 N–H and O–H groups in total. The lowest BCUT2D eigenvalue weighted by Crippen LogP contribution is -2.30. The molecule has 4 heteroatoms. The van der Waals surface area contributed by atoms with Crippen molar-refractivity contribution < 1.29 is 0 Å². The Bertz CT molecular complexity index is 230. The highest BCUT2D eigenvalue weighted by Crippen LogP contribution is 2.56. The lowest BCUT2D eigenvalue weighted by atomic mass is 10.3. The molecular formula is C10H21PS3. The maximum absolute atomic E-state index is 5.63. The largest absolute Gasteiger partial charge is 0.694 e. The Morgan fingerprint density at radius 3 is 2.29 bits per heavy atom. The van der Waals surface area contributed by atoms with Crippen LogP contribution in [0.25, 0.3) is 0 Å². The first-order valence-corrected chi connectivity index (χ1v) is 10.9. The van der Waals surface area contributed by atoms with Crippen molar-refractivity contribution in [1.82, 2.24) is 0 Å². The lowest BCUT2D eigenvalue weighted by molar-refractivity contribution is 0.796. The predicted octanol–water partition coefficient (Wildman–Crippen LogP) is 3.86. The molecule has 0 nitrogen and oxygen atoms in total. The Morgan fingerprint density at radius 2 is 2.00 bits per heavy atom. The minimum Gasteiger partial charge on any atom is -0.694 e. The summed E-state index contributed by atoms with van der Waals surface area (Å²) in [7, 11) is 0.217. The number of allylic oxidation sites excluding steroid dienone is 1. The molecule has 0 fully saturated rings. The molecule has 0 saturated carbocycles. The van der Waals surface area contributed by atoms with E-state index < -0.39 is 4.44 Å². The molecule has 0 saturated heterocycles. The van der Waals surface area contributed by atoms with E-state index in [2.05, 4.69) is 34.3 Å². The smallest absolute Gasteiger partial charge is 0.120 e. The average molecular weight is 268 g/mol. The summed E-state index contributed by atoms with van der Waals surface area (Å²) in [5.74, 6) is 1.14. The fourth-order valence-corrected chi connectivity index (χ4v) is 13.6. The van der Waals surface area contributed by atoms with Crippen molar-refractivity contribution in [1.29, 1.82) is 0 Å². The third-order valence-corrected chi connectivity index (χ3v) is 15.2. The quantitative estimate of drug-likeness (QED) is 0.321. The van der Waals surface area contributed by atoms with Crippen molar-refractivity contribution >= 4 is 39.0 Å². The van der Waals surface area contributed by atoms with Crippen LogP contribution < -0.4 is 0 Å². The van der Waals surface area contributed by atoms with Gasteiger partial charge in [-0.05, 0) is 37.4 Å². The van der Waals surface area contributed by atoms with E-state index in [0.717, 1.165) is 18.3 Å². The highest BCUT2D eigenvalue weighted by molar-refractivity contribution is 8.90. The summed E-state index contributed by atoms with van der Waals surface area (Å²) in [6.45, 7) is 12.7. The van der Waals surface area contributed by atoms with E-state index in [0.29, 0.717) is 0 Å². The van der Waals surface area contributed by atoms with E-state index in [1.54, 1.807) is 0 Å². The van der Waals surface area contributed by atoms with Gasteiger partial charge in [0.25, 0.3) is 0 Å².